The van der Waals surface area contributed by atoms with Crippen LogP contribution >= 0.6 is 0 Å². The number of hydrogen-bond acceptors (Lipinski definition) is 4. The van der Waals surface area contributed by atoms with Crippen molar-refractivity contribution < 1.29 is 35.5 Å². The molecule has 0 fully saturated rings. The molecule has 3 aromatic carbocycles. The molecule has 34 heavy (non-hydrogen) atoms. The van der Waals surface area contributed by atoms with Gasteiger partial charge >= 0.3 is 6.18 Å². The Hall–Kier alpha value is -3.27. The topological polar surface area (TPSA) is 55.8 Å². The lowest BCUT2D eigenvalue weighted by Gasteiger charge is -2.31. The van der Waals surface area contributed by atoms with Crippen LogP contribution in [-0.2, 0) is 16.2 Å². The number of fused-ring (bicyclic) bond motifs is 1. The van der Waals surface area contributed by atoms with Crippen molar-refractivity contribution >= 4 is 15.7 Å². The van der Waals surface area contributed by atoms with Crippen molar-refractivity contribution in [2.24, 2.45) is 0 Å². The molecule has 4 rings (SSSR count). The van der Waals surface area contributed by atoms with Crippen LogP contribution in [0.5, 0.6) is 11.5 Å². The zero-order valence-electron chi connectivity index (χ0n) is 18.3. The van der Waals surface area contributed by atoms with Gasteiger partial charge in [0, 0.05) is 6.07 Å². The lowest BCUT2D eigenvalue weighted by molar-refractivity contribution is -0.137. The van der Waals surface area contributed by atoms with E-state index in [2.05, 4.69) is 0 Å². The molecule has 10 heteroatoms. The van der Waals surface area contributed by atoms with Gasteiger partial charge in [-0.05, 0) is 67.4 Å². The van der Waals surface area contributed by atoms with E-state index >= 15 is 0 Å². The highest BCUT2D eigenvalue weighted by molar-refractivity contribution is 7.92. The number of anilines is 1. The first-order valence-corrected chi connectivity index (χ1v) is 11.8. The molecule has 0 spiro atoms. The largest absolute Gasteiger partial charge is 0.491 e. The fourth-order valence-electron chi connectivity index (χ4n) is 3.65. The van der Waals surface area contributed by atoms with Crippen molar-refractivity contribution in [1.82, 2.24) is 0 Å². The highest BCUT2D eigenvalue weighted by Gasteiger charge is 2.35. The molecule has 0 aromatic heterocycles. The maximum Gasteiger partial charge on any atom is 0.416 e. The summed E-state index contributed by atoms with van der Waals surface area (Å²) in [5.41, 5.74) is 0.0204. The summed E-state index contributed by atoms with van der Waals surface area (Å²) in [6.07, 6.45) is -4.87. The summed E-state index contributed by atoms with van der Waals surface area (Å²) >= 11 is 0. The van der Waals surface area contributed by atoms with Crippen molar-refractivity contribution in [3.8, 4) is 22.6 Å². The van der Waals surface area contributed by atoms with E-state index in [1.54, 1.807) is 32.0 Å². The van der Waals surface area contributed by atoms with Gasteiger partial charge in [-0.3, -0.25) is 4.31 Å². The standard InChI is InChI=1S/C24H21F4NO4S/c1-15(2)33-20-11-17(10-19(25)14-20)16-6-7-23-22(12-16)29(8-9-32-23)34(30,31)21-5-3-4-18(13-21)24(26,27)28/h3-7,10-15H,8-9H2,1-2H3. The van der Waals surface area contributed by atoms with Gasteiger partial charge in [0.2, 0.25) is 0 Å². The van der Waals surface area contributed by atoms with Gasteiger partial charge in [-0.25, -0.2) is 12.8 Å². The molecular weight excluding hydrogens is 474 g/mol. The number of benzene rings is 3. The van der Waals surface area contributed by atoms with Gasteiger partial charge in [0.05, 0.1) is 28.8 Å². The summed E-state index contributed by atoms with van der Waals surface area (Å²) in [5.74, 6) is 0.0311. The Bertz CT molecular complexity index is 1320. The molecule has 1 aliphatic rings. The molecule has 1 heterocycles. The summed E-state index contributed by atoms with van der Waals surface area (Å²) < 4.78 is 92.5. The summed E-state index contributed by atoms with van der Waals surface area (Å²) in [7, 11) is -4.33. The Morgan fingerprint density at radius 3 is 2.47 bits per heavy atom. The van der Waals surface area contributed by atoms with Crippen LogP contribution in [0.1, 0.15) is 19.4 Å². The maximum absolute atomic E-state index is 14.2. The van der Waals surface area contributed by atoms with Gasteiger partial charge < -0.3 is 9.47 Å². The second kappa shape index (κ2) is 8.83. The third-order valence-corrected chi connectivity index (χ3v) is 6.91. The van der Waals surface area contributed by atoms with Gasteiger partial charge in [0.15, 0.2) is 0 Å². The SMILES string of the molecule is CC(C)Oc1cc(F)cc(-c2ccc3c(c2)N(S(=O)(=O)c2cccc(C(F)(F)F)c2)CCO3)c1. The quantitative estimate of drug-likeness (QED) is 0.415. The number of hydrogen-bond donors (Lipinski definition) is 0. The molecule has 0 radical (unpaired) electrons. The molecule has 0 bridgehead atoms. The smallest absolute Gasteiger partial charge is 0.416 e. The van der Waals surface area contributed by atoms with Crippen LogP contribution in [0, 0.1) is 5.82 Å². The monoisotopic (exact) mass is 495 g/mol. The highest BCUT2D eigenvalue weighted by Crippen LogP contribution is 2.40. The van der Waals surface area contributed by atoms with E-state index in [9.17, 15) is 26.0 Å². The van der Waals surface area contributed by atoms with E-state index in [0.29, 0.717) is 22.9 Å². The third kappa shape index (κ3) is 4.82. The minimum Gasteiger partial charge on any atom is -0.491 e. The molecule has 3 aromatic rings. The van der Waals surface area contributed by atoms with E-state index in [1.807, 2.05) is 0 Å². The second-order valence-electron chi connectivity index (χ2n) is 7.98. The van der Waals surface area contributed by atoms with E-state index in [-0.39, 0.29) is 30.7 Å². The minimum absolute atomic E-state index is 0.0247. The highest BCUT2D eigenvalue weighted by atomic mass is 32.2. The van der Waals surface area contributed by atoms with Crippen LogP contribution in [-0.4, -0.2) is 27.7 Å². The first-order valence-electron chi connectivity index (χ1n) is 10.4. The predicted molar refractivity (Wildman–Crippen MR) is 119 cm³/mol. The maximum atomic E-state index is 14.2. The molecule has 1 aliphatic heterocycles. The fourth-order valence-corrected chi connectivity index (χ4v) is 5.15. The van der Waals surface area contributed by atoms with Crippen LogP contribution in [0.2, 0.25) is 0 Å². The second-order valence-corrected chi connectivity index (χ2v) is 9.84. The van der Waals surface area contributed by atoms with Gasteiger partial charge in [-0.1, -0.05) is 12.1 Å². The number of ether oxygens (including phenoxy) is 2. The molecular formula is C24H21F4NO4S. The van der Waals surface area contributed by atoms with Crippen molar-refractivity contribution in [1.29, 1.82) is 0 Å². The van der Waals surface area contributed by atoms with Crippen LogP contribution in [0.3, 0.4) is 0 Å². The third-order valence-electron chi connectivity index (χ3n) is 5.11. The Kier molecular flexibility index (Phi) is 6.20. The van der Waals surface area contributed by atoms with Crippen LogP contribution in [0.25, 0.3) is 11.1 Å². The fraction of sp³-hybridized carbons (Fsp3) is 0.250. The number of sulfonamides is 1. The van der Waals surface area contributed by atoms with Crippen LogP contribution < -0.4 is 13.8 Å². The number of alkyl halides is 3. The average molecular weight is 495 g/mol. The van der Waals surface area contributed by atoms with E-state index in [4.69, 9.17) is 9.47 Å². The van der Waals surface area contributed by atoms with E-state index in [0.717, 1.165) is 22.5 Å². The lowest BCUT2D eigenvalue weighted by Crippen LogP contribution is -2.38. The molecule has 0 saturated carbocycles. The molecule has 5 nitrogen and oxygen atoms in total. The molecule has 180 valence electrons. The number of nitrogens with zero attached hydrogens (tertiary/aromatic N) is 1. The van der Waals surface area contributed by atoms with Crippen molar-refractivity contribution in [3.63, 3.8) is 0 Å². The molecule has 0 saturated heterocycles. The Morgan fingerprint density at radius 1 is 1.00 bits per heavy atom. The number of rotatable bonds is 5. The summed E-state index contributed by atoms with van der Waals surface area (Å²) in [4.78, 5) is -0.487. The van der Waals surface area contributed by atoms with E-state index < -0.39 is 32.5 Å². The Balaban J connectivity index is 1.77. The minimum atomic E-state index is -4.69. The van der Waals surface area contributed by atoms with Gasteiger partial charge in [0.1, 0.15) is 23.9 Å². The van der Waals surface area contributed by atoms with Crippen LogP contribution in [0.4, 0.5) is 23.2 Å². The molecule has 0 amide bonds. The van der Waals surface area contributed by atoms with Crippen molar-refractivity contribution in [3.05, 3.63) is 72.0 Å². The molecule has 0 aliphatic carbocycles. The van der Waals surface area contributed by atoms with Gasteiger partial charge in [-0.15, -0.1) is 0 Å². The summed E-state index contributed by atoms with van der Waals surface area (Å²) in [6, 6.07) is 12.4. The molecule has 0 atom stereocenters. The van der Waals surface area contributed by atoms with E-state index in [1.165, 1.54) is 18.2 Å². The Morgan fingerprint density at radius 2 is 1.76 bits per heavy atom. The van der Waals surface area contributed by atoms with Crippen molar-refractivity contribution in [2.75, 3.05) is 17.5 Å². The predicted octanol–water partition coefficient (Wildman–Crippen LogP) is 5.89. The van der Waals surface area contributed by atoms with Gasteiger partial charge in [-0.2, -0.15) is 13.2 Å². The summed E-state index contributed by atoms with van der Waals surface area (Å²) in [5, 5.41) is 0. The average Bonchev–Trinajstić information content (AvgIpc) is 2.77. The summed E-state index contributed by atoms with van der Waals surface area (Å²) in [6.45, 7) is 3.53. The van der Waals surface area contributed by atoms with Crippen LogP contribution in [0.15, 0.2) is 65.6 Å². The molecule has 0 unspecified atom stereocenters. The van der Waals surface area contributed by atoms with Crippen molar-refractivity contribution in [2.45, 2.75) is 31.0 Å². The Labute approximate surface area is 194 Å². The zero-order chi connectivity index (χ0) is 24.7. The molecule has 0 N–H and O–H groups in total. The van der Waals surface area contributed by atoms with Gasteiger partial charge in [0.25, 0.3) is 10.0 Å². The first kappa shape index (κ1) is 23.9. The normalized spacial score (nSPS) is 14.0. The number of halogens is 4. The zero-order valence-corrected chi connectivity index (χ0v) is 19.1. The first-order chi connectivity index (χ1) is 15.9. The lowest BCUT2D eigenvalue weighted by atomic mass is 10.0.